The van der Waals surface area contributed by atoms with Gasteiger partial charge in [0.2, 0.25) is 5.88 Å². The zero-order valence-corrected chi connectivity index (χ0v) is 19.1. The Morgan fingerprint density at radius 3 is 2.33 bits per heavy atom. The molecule has 3 N–H and O–H groups in total. The smallest absolute Gasteiger partial charge is 0.449 e. The van der Waals surface area contributed by atoms with Crippen LogP contribution in [0.15, 0.2) is 71.8 Å². The highest BCUT2D eigenvalue weighted by Crippen LogP contribution is 2.38. The predicted molar refractivity (Wildman–Crippen MR) is 126 cm³/mol. The van der Waals surface area contributed by atoms with Crippen molar-refractivity contribution in [2.75, 3.05) is 4.72 Å². The second kappa shape index (κ2) is 8.25. The molecule has 0 saturated heterocycles. The minimum Gasteiger partial charge on any atom is -0.449 e. The van der Waals surface area contributed by atoms with Crippen LogP contribution in [0.1, 0.15) is 26.3 Å². The Balaban J connectivity index is 1.74. The number of carboxylic acid groups (broad SMARTS) is 1. The molecule has 0 unspecified atom stereocenters. The van der Waals surface area contributed by atoms with Crippen LogP contribution >= 0.6 is 0 Å². The van der Waals surface area contributed by atoms with E-state index in [9.17, 15) is 13.2 Å². The summed E-state index contributed by atoms with van der Waals surface area (Å²) >= 11 is 0. The Hall–Kier alpha value is -3.85. The molecule has 33 heavy (non-hydrogen) atoms. The van der Waals surface area contributed by atoms with Gasteiger partial charge in [-0.05, 0) is 34.7 Å². The lowest BCUT2D eigenvalue weighted by Crippen LogP contribution is -2.15. The first kappa shape index (κ1) is 22.3. The average Bonchev–Trinajstić information content (AvgIpc) is 3.10. The lowest BCUT2D eigenvalue weighted by Gasteiger charge is -2.19. The normalized spacial score (nSPS) is 12.0. The number of anilines is 1. The fourth-order valence-electron chi connectivity index (χ4n) is 3.51. The fourth-order valence-corrected chi connectivity index (χ4v) is 4.54. The molecule has 2 heterocycles. The largest absolute Gasteiger partial charge is 0.512 e. The minimum absolute atomic E-state index is 0.00831. The minimum atomic E-state index is -3.86. The van der Waals surface area contributed by atoms with Crippen molar-refractivity contribution >= 4 is 32.9 Å². The van der Waals surface area contributed by atoms with Crippen LogP contribution in [-0.4, -0.2) is 29.6 Å². The lowest BCUT2D eigenvalue weighted by molar-refractivity contribution is 0.143. The number of aromatic nitrogens is 2. The van der Waals surface area contributed by atoms with E-state index in [1.54, 1.807) is 54.6 Å². The second-order valence-corrected chi connectivity index (χ2v) is 10.2. The quantitative estimate of drug-likeness (QED) is 0.340. The molecule has 2 aromatic heterocycles. The molecular weight excluding hydrogens is 442 g/mol. The summed E-state index contributed by atoms with van der Waals surface area (Å²) in [6.07, 6.45) is -0.113. The van der Waals surface area contributed by atoms with E-state index >= 15 is 0 Å². The number of nitrogens with zero attached hydrogens (tertiary/aromatic N) is 1. The first-order valence-corrected chi connectivity index (χ1v) is 11.6. The molecule has 0 radical (unpaired) electrons. The van der Waals surface area contributed by atoms with Gasteiger partial charge in [0.05, 0.1) is 22.3 Å². The maximum atomic E-state index is 13.0. The number of hydrogen-bond donors (Lipinski definition) is 3. The Morgan fingerprint density at radius 2 is 1.73 bits per heavy atom. The van der Waals surface area contributed by atoms with E-state index in [2.05, 4.69) is 35.5 Å². The van der Waals surface area contributed by atoms with Crippen LogP contribution < -0.4 is 9.46 Å². The Labute approximate surface area is 191 Å². The maximum Gasteiger partial charge on any atom is 0.512 e. The van der Waals surface area contributed by atoms with Crippen LogP contribution in [0.2, 0.25) is 0 Å². The van der Waals surface area contributed by atoms with E-state index in [1.165, 1.54) is 6.20 Å². The van der Waals surface area contributed by atoms with Crippen molar-refractivity contribution in [1.82, 2.24) is 9.97 Å². The fraction of sp³-hybridized carbons (Fsp3) is 0.167. The predicted octanol–water partition coefficient (Wildman–Crippen LogP) is 5.39. The number of ether oxygens (including phenoxy) is 1. The molecule has 8 nitrogen and oxygen atoms in total. The van der Waals surface area contributed by atoms with Crippen LogP contribution in [0.25, 0.3) is 22.2 Å². The summed E-state index contributed by atoms with van der Waals surface area (Å²) in [7, 11) is -3.86. The van der Waals surface area contributed by atoms with Gasteiger partial charge in [0, 0.05) is 5.39 Å². The molecule has 0 spiro atoms. The highest BCUT2D eigenvalue weighted by molar-refractivity contribution is 7.92. The average molecular weight is 466 g/mol. The number of sulfonamides is 1. The van der Waals surface area contributed by atoms with E-state index in [0.29, 0.717) is 22.2 Å². The van der Waals surface area contributed by atoms with E-state index in [-0.39, 0.29) is 21.9 Å². The summed E-state index contributed by atoms with van der Waals surface area (Å²) in [6.45, 7) is 6.16. The number of benzene rings is 2. The van der Waals surface area contributed by atoms with Gasteiger partial charge in [-0.25, -0.2) is 18.2 Å². The van der Waals surface area contributed by atoms with Crippen molar-refractivity contribution in [3.8, 4) is 17.0 Å². The third-order valence-corrected chi connectivity index (χ3v) is 6.55. The molecule has 0 fully saturated rings. The van der Waals surface area contributed by atoms with Gasteiger partial charge in [0.15, 0.2) is 0 Å². The van der Waals surface area contributed by atoms with Gasteiger partial charge in [0.25, 0.3) is 10.0 Å². The number of aromatic amines is 1. The molecule has 0 aliphatic carbocycles. The summed E-state index contributed by atoms with van der Waals surface area (Å²) in [5, 5.41) is 9.63. The maximum absolute atomic E-state index is 13.0. The standard InChI is InChI=1S/C24H23N3O5S/c1-24(2,3)16-9-11-18(12-10-16)33(30,31)27-17-13-19-20(15-7-5-4-6-8-15)22(32-23(28)29)26-21(19)25-14-17/h4-14,27H,1-3H3,(H,25,26)(H,28,29). The first-order valence-electron chi connectivity index (χ1n) is 10.2. The molecule has 0 amide bonds. The van der Waals surface area contributed by atoms with Gasteiger partial charge in [-0.2, -0.15) is 0 Å². The van der Waals surface area contributed by atoms with E-state index in [4.69, 9.17) is 9.84 Å². The van der Waals surface area contributed by atoms with E-state index in [0.717, 1.165) is 5.56 Å². The molecule has 0 aliphatic heterocycles. The summed E-state index contributed by atoms with van der Waals surface area (Å²) in [6, 6.07) is 17.4. The molecule has 0 saturated carbocycles. The number of H-pyrrole nitrogens is 1. The Morgan fingerprint density at radius 1 is 1.06 bits per heavy atom. The van der Waals surface area contributed by atoms with Gasteiger partial charge in [-0.3, -0.25) is 4.72 Å². The highest BCUT2D eigenvalue weighted by Gasteiger charge is 2.21. The summed E-state index contributed by atoms with van der Waals surface area (Å²) in [5.41, 5.74) is 2.69. The number of hydrogen-bond acceptors (Lipinski definition) is 5. The van der Waals surface area contributed by atoms with Gasteiger partial charge in [0.1, 0.15) is 5.65 Å². The number of pyridine rings is 1. The van der Waals surface area contributed by atoms with Crippen LogP contribution in [0, 0.1) is 0 Å². The molecule has 170 valence electrons. The van der Waals surface area contributed by atoms with Crippen molar-refractivity contribution in [2.45, 2.75) is 31.1 Å². The van der Waals surface area contributed by atoms with Gasteiger partial charge >= 0.3 is 6.16 Å². The zero-order valence-electron chi connectivity index (χ0n) is 18.3. The molecule has 0 bridgehead atoms. The number of carbonyl (C=O) groups is 1. The second-order valence-electron chi connectivity index (χ2n) is 8.56. The van der Waals surface area contributed by atoms with Gasteiger partial charge in [-0.1, -0.05) is 63.2 Å². The van der Waals surface area contributed by atoms with Crippen molar-refractivity contribution in [2.24, 2.45) is 0 Å². The highest BCUT2D eigenvalue weighted by atomic mass is 32.2. The van der Waals surface area contributed by atoms with Crippen LogP contribution in [0.3, 0.4) is 0 Å². The number of nitrogens with one attached hydrogen (secondary N) is 2. The number of fused-ring (bicyclic) bond motifs is 1. The Bertz CT molecular complexity index is 1420. The van der Waals surface area contributed by atoms with Gasteiger partial charge < -0.3 is 14.8 Å². The Kier molecular flexibility index (Phi) is 5.59. The van der Waals surface area contributed by atoms with Crippen molar-refractivity contribution in [3.63, 3.8) is 0 Å². The van der Waals surface area contributed by atoms with E-state index in [1.807, 2.05) is 6.07 Å². The SMILES string of the molecule is CC(C)(C)c1ccc(S(=O)(=O)Nc2cnc3[nH]c(OC(=O)O)c(-c4ccccc4)c3c2)cc1. The molecule has 9 heteroatoms. The summed E-state index contributed by atoms with van der Waals surface area (Å²) in [5.74, 6) is 0.00831. The first-order chi connectivity index (χ1) is 15.5. The van der Waals surface area contributed by atoms with Crippen molar-refractivity contribution in [1.29, 1.82) is 0 Å². The molecule has 4 aromatic rings. The third-order valence-electron chi connectivity index (χ3n) is 5.15. The molecule has 0 aliphatic rings. The lowest BCUT2D eigenvalue weighted by atomic mass is 9.87. The van der Waals surface area contributed by atoms with Crippen LogP contribution in [0.5, 0.6) is 5.88 Å². The monoisotopic (exact) mass is 465 g/mol. The summed E-state index contributed by atoms with van der Waals surface area (Å²) in [4.78, 5) is 18.4. The van der Waals surface area contributed by atoms with Gasteiger partial charge in [-0.15, -0.1) is 0 Å². The van der Waals surface area contributed by atoms with Crippen LogP contribution in [0.4, 0.5) is 10.5 Å². The molecule has 0 atom stereocenters. The number of rotatable bonds is 5. The van der Waals surface area contributed by atoms with Crippen LogP contribution in [-0.2, 0) is 15.4 Å². The summed E-state index contributed by atoms with van der Waals surface area (Å²) < 4.78 is 33.4. The zero-order chi connectivity index (χ0) is 23.8. The topological polar surface area (TPSA) is 121 Å². The third kappa shape index (κ3) is 4.68. The van der Waals surface area contributed by atoms with E-state index < -0.39 is 16.2 Å². The van der Waals surface area contributed by atoms with Crippen molar-refractivity contribution < 1.29 is 23.1 Å². The van der Waals surface area contributed by atoms with Crippen molar-refractivity contribution in [3.05, 3.63) is 72.4 Å². The molecule has 2 aromatic carbocycles. The molecule has 4 rings (SSSR count). The molecular formula is C24H23N3O5S.